The summed E-state index contributed by atoms with van der Waals surface area (Å²) in [7, 11) is 1.19. The van der Waals surface area contributed by atoms with Crippen LogP contribution in [-0.2, 0) is 4.74 Å². The van der Waals surface area contributed by atoms with Crippen LogP contribution in [0.5, 0.6) is 0 Å². The summed E-state index contributed by atoms with van der Waals surface area (Å²) < 4.78 is 31.4. The fourth-order valence-corrected chi connectivity index (χ4v) is 1.56. The Kier molecular flexibility index (Phi) is 3.32. The van der Waals surface area contributed by atoms with Crippen LogP contribution in [0.15, 0.2) is 36.5 Å². The molecule has 0 atom stereocenters. The van der Waals surface area contributed by atoms with E-state index >= 15 is 0 Å². The van der Waals surface area contributed by atoms with Crippen LogP contribution in [0.3, 0.4) is 0 Å². The van der Waals surface area contributed by atoms with E-state index in [0.29, 0.717) is 0 Å². The van der Waals surface area contributed by atoms with Crippen molar-refractivity contribution in [2.24, 2.45) is 0 Å². The summed E-state index contributed by atoms with van der Waals surface area (Å²) in [6.07, 6.45) is 1.39. The van der Waals surface area contributed by atoms with E-state index in [1.165, 1.54) is 31.5 Å². The van der Waals surface area contributed by atoms with Gasteiger partial charge in [-0.15, -0.1) is 0 Å². The van der Waals surface area contributed by atoms with Gasteiger partial charge in [0.1, 0.15) is 17.3 Å². The van der Waals surface area contributed by atoms with E-state index in [-0.39, 0.29) is 16.8 Å². The molecule has 0 spiro atoms. The van der Waals surface area contributed by atoms with Crippen molar-refractivity contribution in [3.63, 3.8) is 0 Å². The Morgan fingerprint density at radius 3 is 2.72 bits per heavy atom. The first-order valence-corrected chi connectivity index (χ1v) is 5.11. The van der Waals surface area contributed by atoms with E-state index < -0.39 is 17.6 Å². The Bertz CT molecular complexity index is 599. The quantitative estimate of drug-likeness (QED) is 0.768. The maximum absolute atomic E-state index is 13.5. The predicted molar refractivity (Wildman–Crippen MR) is 60.9 cm³/mol. The number of nitrogens with zero attached hydrogens (tertiary/aromatic N) is 1. The van der Waals surface area contributed by atoms with Crippen LogP contribution < -0.4 is 0 Å². The molecule has 18 heavy (non-hydrogen) atoms. The van der Waals surface area contributed by atoms with Gasteiger partial charge >= 0.3 is 5.97 Å². The normalized spacial score (nSPS) is 10.2. The number of pyridine rings is 1. The summed E-state index contributed by atoms with van der Waals surface area (Å²) in [6.45, 7) is 0. The van der Waals surface area contributed by atoms with Gasteiger partial charge in [0.25, 0.3) is 0 Å². The maximum Gasteiger partial charge on any atom is 0.337 e. The fraction of sp³-hybridized carbons (Fsp3) is 0.0769. The van der Waals surface area contributed by atoms with E-state index in [2.05, 4.69) is 9.72 Å². The van der Waals surface area contributed by atoms with Crippen LogP contribution >= 0.6 is 0 Å². The van der Waals surface area contributed by atoms with Crippen LogP contribution in [0, 0.1) is 11.6 Å². The van der Waals surface area contributed by atoms with Gasteiger partial charge in [0.2, 0.25) is 0 Å². The number of aromatic nitrogens is 1. The summed E-state index contributed by atoms with van der Waals surface area (Å²) in [6, 6.07) is 6.11. The molecule has 0 saturated heterocycles. The molecule has 92 valence electrons. The van der Waals surface area contributed by atoms with Crippen molar-refractivity contribution >= 4 is 5.97 Å². The minimum Gasteiger partial charge on any atom is -0.465 e. The lowest BCUT2D eigenvalue weighted by Gasteiger charge is -2.05. The third-order valence-electron chi connectivity index (χ3n) is 2.35. The van der Waals surface area contributed by atoms with Crippen LogP contribution in [0.25, 0.3) is 11.3 Å². The summed E-state index contributed by atoms with van der Waals surface area (Å²) in [4.78, 5) is 15.2. The van der Waals surface area contributed by atoms with Crippen LogP contribution in [0.4, 0.5) is 8.78 Å². The van der Waals surface area contributed by atoms with E-state index in [1.807, 2.05) is 0 Å². The molecule has 0 radical (unpaired) electrons. The number of benzene rings is 1. The molecule has 2 aromatic rings. The number of hydrogen-bond acceptors (Lipinski definition) is 3. The molecule has 0 N–H and O–H groups in total. The van der Waals surface area contributed by atoms with Gasteiger partial charge in [-0.05, 0) is 30.3 Å². The first-order valence-electron chi connectivity index (χ1n) is 5.11. The third kappa shape index (κ3) is 2.34. The zero-order valence-electron chi connectivity index (χ0n) is 9.48. The molecule has 0 aliphatic carbocycles. The molecule has 0 aliphatic rings. The molecule has 0 fully saturated rings. The highest BCUT2D eigenvalue weighted by molar-refractivity contribution is 5.90. The highest BCUT2D eigenvalue weighted by atomic mass is 19.1. The Hall–Kier alpha value is -2.30. The molecule has 0 unspecified atom stereocenters. The number of methoxy groups -OCH3 is 1. The lowest BCUT2D eigenvalue weighted by molar-refractivity contribution is 0.0600. The van der Waals surface area contributed by atoms with Crippen molar-refractivity contribution in [3.8, 4) is 11.3 Å². The van der Waals surface area contributed by atoms with Crippen molar-refractivity contribution in [2.45, 2.75) is 0 Å². The standard InChI is InChI=1S/C13H9F2NO2/c1-18-13(17)9-5-8(6-10(14)7-9)12-11(15)3-2-4-16-12/h2-7H,1H3. The monoisotopic (exact) mass is 249 g/mol. The van der Waals surface area contributed by atoms with Gasteiger partial charge in [-0.3, -0.25) is 4.98 Å². The van der Waals surface area contributed by atoms with Gasteiger partial charge in [-0.2, -0.15) is 0 Å². The van der Waals surface area contributed by atoms with Gasteiger partial charge in [0.15, 0.2) is 0 Å². The van der Waals surface area contributed by atoms with E-state index in [4.69, 9.17) is 0 Å². The third-order valence-corrected chi connectivity index (χ3v) is 2.35. The van der Waals surface area contributed by atoms with Crippen LogP contribution in [0.2, 0.25) is 0 Å². The molecule has 1 aromatic heterocycles. The average Bonchev–Trinajstić information content (AvgIpc) is 2.37. The number of carbonyl (C=O) groups excluding carboxylic acids is 1. The molecule has 5 heteroatoms. The first kappa shape index (κ1) is 12.2. The lowest BCUT2D eigenvalue weighted by atomic mass is 10.1. The number of esters is 1. The van der Waals surface area contributed by atoms with E-state index in [1.54, 1.807) is 0 Å². The van der Waals surface area contributed by atoms with Gasteiger partial charge in [-0.1, -0.05) is 0 Å². The van der Waals surface area contributed by atoms with Gasteiger partial charge in [0, 0.05) is 11.8 Å². The van der Waals surface area contributed by atoms with Gasteiger partial charge in [-0.25, -0.2) is 13.6 Å². The number of rotatable bonds is 2. The Morgan fingerprint density at radius 2 is 2.06 bits per heavy atom. The largest absolute Gasteiger partial charge is 0.465 e. The highest BCUT2D eigenvalue weighted by Gasteiger charge is 2.12. The lowest BCUT2D eigenvalue weighted by Crippen LogP contribution is -2.02. The SMILES string of the molecule is COC(=O)c1cc(F)cc(-c2ncccc2F)c1. The average molecular weight is 249 g/mol. The Balaban J connectivity index is 2.55. The summed E-state index contributed by atoms with van der Waals surface area (Å²) in [5.41, 5.74) is 0.188. The Morgan fingerprint density at radius 1 is 1.28 bits per heavy atom. The minimum absolute atomic E-state index is 0.0116. The predicted octanol–water partition coefficient (Wildman–Crippen LogP) is 2.81. The second kappa shape index (κ2) is 4.91. The zero-order valence-corrected chi connectivity index (χ0v) is 9.48. The molecule has 0 saturated carbocycles. The number of hydrogen-bond donors (Lipinski definition) is 0. The molecule has 2 rings (SSSR count). The molecular formula is C13H9F2NO2. The topological polar surface area (TPSA) is 39.2 Å². The van der Waals surface area contributed by atoms with Gasteiger partial charge in [0.05, 0.1) is 12.7 Å². The summed E-state index contributed by atoms with van der Waals surface area (Å²) >= 11 is 0. The molecule has 1 heterocycles. The molecule has 0 amide bonds. The van der Waals surface area contributed by atoms with Crippen molar-refractivity contribution in [2.75, 3.05) is 7.11 Å². The van der Waals surface area contributed by atoms with E-state index in [9.17, 15) is 13.6 Å². The molecule has 1 aromatic carbocycles. The fourth-order valence-electron chi connectivity index (χ4n) is 1.56. The zero-order chi connectivity index (χ0) is 13.1. The van der Waals surface area contributed by atoms with Crippen molar-refractivity contribution in [1.29, 1.82) is 0 Å². The molecule has 3 nitrogen and oxygen atoms in total. The second-order valence-corrected chi connectivity index (χ2v) is 3.55. The van der Waals surface area contributed by atoms with Crippen molar-refractivity contribution < 1.29 is 18.3 Å². The summed E-state index contributed by atoms with van der Waals surface area (Å²) in [5.74, 6) is -1.93. The van der Waals surface area contributed by atoms with Crippen molar-refractivity contribution in [3.05, 3.63) is 53.7 Å². The smallest absolute Gasteiger partial charge is 0.337 e. The summed E-state index contributed by atoms with van der Waals surface area (Å²) in [5, 5.41) is 0. The van der Waals surface area contributed by atoms with E-state index in [0.717, 1.165) is 12.1 Å². The minimum atomic E-state index is -0.688. The first-order chi connectivity index (χ1) is 8.61. The Labute approximate surface area is 102 Å². The van der Waals surface area contributed by atoms with Crippen molar-refractivity contribution in [1.82, 2.24) is 4.98 Å². The molecule has 0 aliphatic heterocycles. The molecular weight excluding hydrogens is 240 g/mol. The number of ether oxygens (including phenoxy) is 1. The van der Waals surface area contributed by atoms with Crippen LogP contribution in [-0.4, -0.2) is 18.1 Å². The highest BCUT2D eigenvalue weighted by Crippen LogP contribution is 2.22. The number of halogens is 2. The molecule has 0 bridgehead atoms. The second-order valence-electron chi connectivity index (χ2n) is 3.55. The number of carbonyl (C=O) groups is 1. The maximum atomic E-state index is 13.5. The van der Waals surface area contributed by atoms with Gasteiger partial charge < -0.3 is 4.74 Å². The van der Waals surface area contributed by atoms with Crippen LogP contribution in [0.1, 0.15) is 10.4 Å².